The summed E-state index contributed by atoms with van der Waals surface area (Å²) >= 11 is 16.1. The van der Waals surface area contributed by atoms with Crippen molar-refractivity contribution in [3.8, 4) is 6.07 Å². The van der Waals surface area contributed by atoms with E-state index >= 15 is 0 Å². The zero-order valence-electron chi connectivity index (χ0n) is 9.00. The minimum absolute atomic E-state index is 0.243. The number of carbonyl (C=O) groups is 2. The molecule has 0 spiro atoms. The molecule has 1 amide bonds. The first-order valence-corrected chi connectivity index (χ1v) is 5.78. The van der Waals surface area contributed by atoms with Crippen molar-refractivity contribution in [3.63, 3.8) is 0 Å². The fourth-order valence-corrected chi connectivity index (χ4v) is 1.18. The Hall–Kier alpha value is -0.700. The van der Waals surface area contributed by atoms with Crippen molar-refractivity contribution in [3.05, 3.63) is 0 Å². The van der Waals surface area contributed by atoms with E-state index < -0.39 is 21.7 Å². The monoisotopic (exact) mass is 300 g/mol. The van der Waals surface area contributed by atoms with Crippen LogP contribution < -0.4 is 5.32 Å². The SMILES string of the molecule is COC(=O)[C@H](CCCC#N)NC(=O)C(Cl)(Cl)Cl. The number of carbonyl (C=O) groups excluding carboxylic acids is 2. The van der Waals surface area contributed by atoms with Crippen molar-refractivity contribution in [2.45, 2.75) is 29.1 Å². The smallest absolute Gasteiger partial charge is 0.328 e. The van der Waals surface area contributed by atoms with E-state index in [1.165, 1.54) is 7.11 Å². The molecule has 0 aliphatic rings. The van der Waals surface area contributed by atoms with Crippen LogP contribution in [-0.2, 0) is 14.3 Å². The van der Waals surface area contributed by atoms with Crippen LogP contribution >= 0.6 is 34.8 Å². The summed E-state index contributed by atoms with van der Waals surface area (Å²) in [4.78, 5) is 22.7. The van der Waals surface area contributed by atoms with Gasteiger partial charge < -0.3 is 10.1 Å². The molecule has 0 aromatic carbocycles. The van der Waals surface area contributed by atoms with E-state index in [1.54, 1.807) is 0 Å². The number of esters is 1. The van der Waals surface area contributed by atoms with E-state index in [9.17, 15) is 9.59 Å². The van der Waals surface area contributed by atoms with Crippen LogP contribution in [-0.4, -0.2) is 28.8 Å². The van der Waals surface area contributed by atoms with Gasteiger partial charge in [-0.15, -0.1) is 0 Å². The molecule has 0 radical (unpaired) electrons. The second kappa shape index (κ2) is 7.59. The molecule has 5 nitrogen and oxygen atoms in total. The third kappa shape index (κ3) is 6.57. The van der Waals surface area contributed by atoms with Gasteiger partial charge in [0.15, 0.2) is 0 Å². The molecule has 0 heterocycles. The topological polar surface area (TPSA) is 79.2 Å². The first kappa shape index (κ1) is 16.3. The highest BCUT2D eigenvalue weighted by Crippen LogP contribution is 2.26. The first-order valence-electron chi connectivity index (χ1n) is 4.65. The van der Waals surface area contributed by atoms with Crippen molar-refractivity contribution in [1.82, 2.24) is 5.32 Å². The Balaban J connectivity index is 4.45. The summed E-state index contributed by atoms with van der Waals surface area (Å²) in [5.74, 6) is -1.56. The van der Waals surface area contributed by atoms with Gasteiger partial charge in [-0.05, 0) is 12.8 Å². The van der Waals surface area contributed by atoms with Gasteiger partial charge in [0.05, 0.1) is 13.2 Å². The van der Waals surface area contributed by atoms with E-state index in [0.29, 0.717) is 6.42 Å². The fourth-order valence-electron chi connectivity index (χ4n) is 1.02. The zero-order valence-corrected chi connectivity index (χ0v) is 11.3. The normalized spacial score (nSPS) is 12.4. The number of nitrogens with one attached hydrogen (secondary N) is 1. The average molecular weight is 302 g/mol. The largest absolute Gasteiger partial charge is 0.467 e. The molecule has 0 saturated carbocycles. The Morgan fingerprint density at radius 2 is 2.06 bits per heavy atom. The van der Waals surface area contributed by atoms with Gasteiger partial charge in [0, 0.05) is 6.42 Å². The van der Waals surface area contributed by atoms with Gasteiger partial charge in [0.25, 0.3) is 9.70 Å². The molecule has 1 atom stereocenters. The minimum atomic E-state index is -2.14. The molecule has 0 rings (SSSR count). The molecule has 1 N–H and O–H groups in total. The van der Waals surface area contributed by atoms with Crippen LogP contribution in [0.25, 0.3) is 0 Å². The molecule has 8 heteroatoms. The Morgan fingerprint density at radius 3 is 2.47 bits per heavy atom. The third-order valence-corrected chi connectivity index (χ3v) is 2.34. The van der Waals surface area contributed by atoms with Gasteiger partial charge >= 0.3 is 5.97 Å². The van der Waals surface area contributed by atoms with Crippen LogP contribution in [0.3, 0.4) is 0 Å². The lowest BCUT2D eigenvalue weighted by Crippen LogP contribution is -2.46. The zero-order chi connectivity index (χ0) is 13.5. The molecule has 0 bridgehead atoms. The number of ether oxygens (including phenoxy) is 1. The summed E-state index contributed by atoms with van der Waals surface area (Å²) < 4.78 is 2.35. The van der Waals surface area contributed by atoms with E-state index in [4.69, 9.17) is 40.1 Å². The number of hydrogen-bond donors (Lipinski definition) is 1. The van der Waals surface area contributed by atoms with Crippen molar-refractivity contribution >= 4 is 46.7 Å². The van der Waals surface area contributed by atoms with Crippen molar-refractivity contribution in [1.29, 1.82) is 5.26 Å². The number of hydrogen-bond acceptors (Lipinski definition) is 4. The summed E-state index contributed by atoms with van der Waals surface area (Å²) in [7, 11) is 1.18. The number of unbranched alkanes of at least 4 members (excludes halogenated alkanes) is 1. The second-order valence-corrected chi connectivity index (χ2v) is 5.38. The summed E-state index contributed by atoms with van der Waals surface area (Å²) in [6.45, 7) is 0. The second-order valence-electron chi connectivity index (χ2n) is 3.10. The highest BCUT2D eigenvalue weighted by atomic mass is 35.6. The van der Waals surface area contributed by atoms with Gasteiger partial charge in [0.2, 0.25) is 0 Å². The Labute approximate surface area is 114 Å². The summed E-state index contributed by atoms with van der Waals surface area (Å²) in [5.41, 5.74) is 0. The maximum Gasteiger partial charge on any atom is 0.328 e. The van der Waals surface area contributed by atoms with E-state index in [0.717, 1.165) is 0 Å². The minimum Gasteiger partial charge on any atom is -0.467 e. The number of nitrogens with zero attached hydrogens (tertiary/aromatic N) is 1. The molecular weight excluding hydrogens is 290 g/mol. The molecule has 17 heavy (non-hydrogen) atoms. The Morgan fingerprint density at radius 1 is 1.47 bits per heavy atom. The summed E-state index contributed by atoms with van der Waals surface area (Å²) in [6, 6.07) is 1.00. The lowest BCUT2D eigenvalue weighted by Gasteiger charge is -2.18. The van der Waals surface area contributed by atoms with Crippen LogP contribution in [0.15, 0.2) is 0 Å². The molecule has 0 aliphatic heterocycles. The maximum atomic E-state index is 11.3. The molecular formula is C9H11Cl3N2O3. The number of halogens is 3. The predicted octanol–water partition coefficient (Wildman–Crippen LogP) is 1.71. The van der Waals surface area contributed by atoms with Crippen LogP contribution in [0.4, 0.5) is 0 Å². The van der Waals surface area contributed by atoms with Gasteiger partial charge in [-0.2, -0.15) is 5.26 Å². The van der Waals surface area contributed by atoms with Crippen molar-refractivity contribution in [2.24, 2.45) is 0 Å². The predicted molar refractivity (Wildman–Crippen MR) is 63.7 cm³/mol. The van der Waals surface area contributed by atoms with Crippen LogP contribution in [0.5, 0.6) is 0 Å². The number of alkyl halides is 3. The highest BCUT2D eigenvalue weighted by Gasteiger charge is 2.34. The number of rotatable bonds is 5. The molecule has 0 saturated heterocycles. The van der Waals surface area contributed by atoms with Crippen LogP contribution in [0.2, 0.25) is 0 Å². The average Bonchev–Trinajstić information content (AvgIpc) is 2.25. The van der Waals surface area contributed by atoms with Gasteiger partial charge in [0.1, 0.15) is 6.04 Å². The van der Waals surface area contributed by atoms with E-state index in [-0.39, 0.29) is 12.8 Å². The molecule has 0 unspecified atom stereocenters. The van der Waals surface area contributed by atoms with Crippen LogP contribution in [0, 0.1) is 11.3 Å². The maximum absolute atomic E-state index is 11.3. The molecule has 0 aromatic rings. The van der Waals surface area contributed by atoms with Gasteiger partial charge in [-0.1, -0.05) is 34.8 Å². The van der Waals surface area contributed by atoms with Crippen molar-refractivity contribution < 1.29 is 14.3 Å². The summed E-state index contributed by atoms with van der Waals surface area (Å²) in [6.07, 6.45) is 0.931. The Kier molecular flexibility index (Phi) is 7.28. The summed E-state index contributed by atoms with van der Waals surface area (Å²) in [5, 5.41) is 10.6. The lowest BCUT2D eigenvalue weighted by molar-refractivity contribution is -0.145. The first-order chi connectivity index (χ1) is 7.82. The van der Waals surface area contributed by atoms with E-state index in [1.807, 2.05) is 6.07 Å². The van der Waals surface area contributed by atoms with Gasteiger partial charge in [-0.3, -0.25) is 4.79 Å². The van der Waals surface area contributed by atoms with Gasteiger partial charge in [-0.25, -0.2) is 4.79 Å². The standard InChI is InChI=1S/C9H11Cl3N2O3/c1-17-7(15)6(4-2-3-5-13)14-8(16)9(10,11)12/h6H,2-4H2,1H3,(H,14,16)/t6-/m0/s1. The Bertz CT molecular complexity index is 322. The highest BCUT2D eigenvalue weighted by molar-refractivity contribution is 6.76. The lowest BCUT2D eigenvalue weighted by atomic mass is 10.1. The fraction of sp³-hybridized carbons (Fsp3) is 0.667. The third-order valence-electron chi connectivity index (χ3n) is 1.83. The molecule has 0 aromatic heterocycles. The van der Waals surface area contributed by atoms with Crippen molar-refractivity contribution in [2.75, 3.05) is 7.11 Å². The molecule has 96 valence electrons. The quantitative estimate of drug-likeness (QED) is 0.476. The number of methoxy groups -OCH3 is 1. The number of amides is 1. The molecule has 0 fully saturated rings. The number of nitriles is 1. The molecule has 0 aliphatic carbocycles. The van der Waals surface area contributed by atoms with E-state index in [2.05, 4.69) is 10.1 Å². The van der Waals surface area contributed by atoms with Crippen LogP contribution in [0.1, 0.15) is 19.3 Å².